The summed E-state index contributed by atoms with van der Waals surface area (Å²) in [6.45, 7) is 1.75. The van der Waals surface area contributed by atoms with E-state index in [2.05, 4.69) is 9.71 Å². The van der Waals surface area contributed by atoms with Crippen LogP contribution in [0.2, 0.25) is 0 Å². The van der Waals surface area contributed by atoms with Gasteiger partial charge in [-0.2, -0.15) is 0 Å². The Balaban J connectivity index is 2.25. The number of rotatable bonds is 5. The van der Waals surface area contributed by atoms with Crippen LogP contribution in [0.1, 0.15) is 18.5 Å². The molecule has 0 aliphatic rings. The number of nitrogens with one attached hydrogen (secondary N) is 1. The van der Waals surface area contributed by atoms with Gasteiger partial charge in [0.15, 0.2) is 0 Å². The van der Waals surface area contributed by atoms with Crippen LogP contribution < -0.4 is 15.2 Å². The monoisotopic (exact) mass is 307 g/mol. The second-order valence-electron chi connectivity index (χ2n) is 4.50. The molecule has 112 valence electrons. The summed E-state index contributed by atoms with van der Waals surface area (Å²) in [4.78, 5) is 3.86. The molecule has 0 spiro atoms. The standard InChI is InChI=1S/C14H17N3O3S/c1-10(12-5-3-4-6-13(12)20-2)17-21(18,19)11-7-8-14(15)16-9-11/h3-10,17H,1-2H3,(H2,15,16). The number of hydrogen-bond donors (Lipinski definition) is 2. The quantitative estimate of drug-likeness (QED) is 0.877. The highest BCUT2D eigenvalue weighted by Crippen LogP contribution is 2.25. The van der Waals surface area contributed by atoms with E-state index in [1.807, 2.05) is 18.2 Å². The Labute approximate surface area is 124 Å². The van der Waals surface area contributed by atoms with Crippen molar-refractivity contribution in [3.63, 3.8) is 0 Å². The molecule has 0 aliphatic carbocycles. The highest BCUT2D eigenvalue weighted by Gasteiger charge is 2.20. The first-order valence-electron chi connectivity index (χ1n) is 6.31. The fourth-order valence-electron chi connectivity index (χ4n) is 1.94. The van der Waals surface area contributed by atoms with Crippen molar-refractivity contribution in [1.82, 2.24) is 9.71 Å². The Morgan fingerprint density at radius 2 is 1.95 bits per heavy atom. The number of pyridine rings is 1. The predicted octanol–water partition coefficient (Wildman–Crippen LogP) is 1.71. The first kappa shape index (κ1) is 15.3. The maximum absolute atomic E-state index is 12.3. The van der Waals surface area contributed by atoms with E-state index >= 15 is 0 Å². The van der Waals surface area contributed by atoms with Gasteiger partial charge >= 0.3 is 0 Å². The fourth-order valence-corrected chi connectivity index (χ4v) is 3.11. The maximum atomic E-state index is 12.3. The highest BCUT2D eigenvalue weighted by atomic mass is 32.2. The molecule has 0 saturated heterocycles. The summed E-state index contributed by atoms with van der Waals surface area (Å²) in [5.74, 6) is 0.898. The number of anilines is 1. The molecular formula is C14H17N3O3S. The molecule has 1 heterocycles. The Bertz CT molecular complexity index is 714. The molecule has 7 heteroatoms. The molecule has 6 nitrogen and oxygen atoms in total. The van der Waals surface area contributed by atoms with Crippen LogP contribution in [-0.2, 0) is 10.0 Å². The number of nitrogen functional groups attached to an aromatic ring is 1. The Morgan fingerprint density at radius 3 is 2.57 bits per heavy atom. The van der Waals surface area contributed by atoms with Gasteiger partial charge in [-0.05, 0) is 25.1 Å². The number of benzene rings is 1. The van der Waals surface area contributed by atoms with Crippen molar-refractivity contribution in [1.29, 1.82) is 0 Å². The fraction of sp³-hybridized carbons (Fsp3) is 0.214. The molecule has 0 aliphatic heterocycles. The minimum atomic E-state index is -3.67. The summed E-state index contributed by atoms with van der Waals surface area (Å²) in [6, 6.07) is 9.67. The number of ether oxygens (including phenoxy) is 1. The van der Waals surface area contributed by atoms with Crippen molar-refractivity contribution in [3.05, 3.63) is 48.2 Å². The van der Waals surface area contributed by atoms with Crippen molar-refractivity contribution in [2.45, 2.75) is 17.9 Å². The zero-order valence-electron chi connectivity index (χ0n) is 11.8. The maximum Gasteiger partial charge on any atom is 0.242 e. The average Bonchev–Trinajstić information content (AvgIpc) is 2.47. The summed E-state index contributed by atoms with van der Waals surface area (Å²) in [5.41, 5.74) is 6.21. The average molecular weight is 307 g/mol. The van der Waals surface area contributed by atoms with Crippen LogP contribution in [0, 0.1) is 0 Å². The van der Waals surface area contributed by atoms with Crippen LogP contribution in [0.15, 0.2) is 47.5 Å². The number of para-hydroxylation sites is 1. The number of nitrogens with zero attached hydrogens (tertiary/aromatic N) is 1. The van der Waals surface area contributed by atoms with E-state index in [-0.39, 0.29) is 10.7 Å². The van der Waals surface area contributed by atoms with E-state index in [1.54, 1.807) is 20.1 Å². The minimum absolute atomic E-state index is 0.0680. The van der Waals surface area contributed by atoms with Crippen molar-refractivity contribution >= 4 is 15.8 Å². The van der Waals surface area contributed by atoms with Gasteiger partial charge in [0.1, 0.15) is 16.5 Å². The Morgan fingerprint density at radius 1 is 1.24 bits per heavy atom. The first-order chi connectivity index (χ1) is 9.94. The SMILES string of the molecule is COc1ccccc1C(C)NS(=O)(=O)c1ccc(N)nc1. The van der Waals surface area contributed by atoms with E-state index in [0.29, 0.717) is 5.75 Å². The number of hydrogen-bond acceptors (Lipinski definition) is 5. The molecule has 1 aromatic heterocycles. The van der Waals surface area contributed by atoms with Gasteiger partial charge < -0.3 is 10.5 Å². The van der Waals surface area contributed by atoms with E-state index < -0.39 is 16.1 Å². The van der Waals surface area contributed by atoms with E-state index in [4.69, 9.17) is 10.5 Å². The minimum Gasteiger partial charge on any atom is -0.496 e. The van der Waals surface area contributed by atoms with E-state index in [9.17, 15) is 8.42 Å². The van der Waals surface area contributed by atoms with Crippen LogP contribution in [0.4, 0.5) is 5.82 Å². The lowest BCUT2D eigenvalue weighted by molar-refractivity contribution is 0.405. The largest absolute Gasteiger partial charge is 0.496 e. The Kier molecular flexibility index (Phi) is 4.44. The molecule has 2 rings (SSSR count). The van der Waals surface area contributed by atoms with Gasteiger partial charge in [-0.3, -0.25) is 0 Å². The molecule has 0 amide bonds. The summed E-state index contributed by atoms with van der Waals surface area (Å²) < 4.78 is 32.4. The van der Waals surface area contributed by atoms with Crippen molar-refractivity contribution in [2.24, 2.45) is 0 Å². The zero-order chi connectivity index (χ0) is 15.5. The first-order valence-corrected chi connectivity index (χ1v) is 7.79. The third-order valence-corrected chi connectivity index (χ3v) is 4.53. The predicted molar refractivity (Wildman–Crippen MR) is 80.4 cm³/mol. The molecule has 2 aromatic rings. The van der Waals surface area contributed by atoms with Gasteiger partial charge in [-0.25, -0.2) is 18.1 Å². The summed E-state index contributed by atoms with van der Waals surface area (Å²) >= 11 is 0. The highest BCUT2D eigenvalue weighted by molar-refractivity contribution is 7.89. The van der Waals surface area contributed by atoms with E-state index in [1.165, 1.54) is 18.3 Å². The third kappa shape index (κ3) is 3.50. The molecule has 21 heavy (non-hydrogen) atoms. The van der Waals surface area contributed by atoms with Crippen molar-refractivity contribution < 1.29 is 13.2 Å². The molecule has 0 saturated carbocycles. The van der Waals surface area contributed by atoms with Gasteiger partial charge in [0.25, 0.3) is 0 Å². The van der Waals surface area contributed by atoms with Gasteiger partial charge in [0.05, 0.1) is 7.11 Å². The summed E-state index contributed by atoms with van der Waals surface area (Å²) in [6.07, 6.45) is 1.23. The lowest BCUT2D eigenvalue weighted by Crippen LogP contribution is -2.27. The van der Waals surface area contributed by atoms with Crippen molar-refractivity contribution in [3.8, 4) is 5.75 Å². The molecular weight excluding hydrogens is 290 g/mol. The number of aromatic nitrogens is 1. The number of nitrogens with two attached hydrogens (primary N) is 1. The van der Waals surface area contributed by atoms with Crippen LogP contribution in [0.3, 0.4) is 0 Å². The molecule has 3 N–H and O–H groups in total. The molecule has 0 bridgehead atoms. The van der Waals surface area contributed by atoms with Crippen molar-refractivity contribution in [2.75, 3.05) is 12.8 Å². The van der Waals surface area contributed by atoms with Gasteiger partial charge in [-0.1, -0.05) is 18.2 Å². The lowest BCUT2D eigenvalue weighted by Gasteiger charge is -2.17. The van der Waals surface area contributed by atoms with Crippen LogP contribution in [0.5, 0.6) is 5.75 Å². The smallest absolute Gasteiger partial charge is 0.242 e. The molecule has 0 fully saturated rings. The van der Waals surface area contributed by atoms with E-state index in [0.717, 1.165) is 5.56 Å². The van der Waals surface area contributed by atoms with Crippen LogP contribution in [0.25, 0.3) is 0 Å². The number of sulfonamides is 1. The second-order valence-corrected chi connectivity index (χ2v) is 6.22. The van der Waals surface area contributed by atoms with Crippen LogP contribution in [-0.4, -0.2) is 20.5 Å². The third-order valence-electron chi connectivity index (χ3n) is 3.01. The molecule has 0 radical (unpaired) electrons. The second kappa shape index (κ2) is 6.11. The lowest BCUT2D eigenvalue weighted by atomic mass is 10.1. The molecule has 1 atom stereocenters. The zero-order valence-corrected chi connectivity index (χ0v) is 12.6. The summed E-state index contributed by atoms with van der Waals surface area (Å²) in [5, 5.41) is 0. The molecule has 1 unspecified atom stereocenters. The number of methoxy groups -OCH3 is 1. The molecule has 1 aromatic carbocycles. The van der Waals surface area contributed by atoms with Gasteiger partial charge in [0.2, 0.25) is 10.0 Å². The van der Waals surface area contributed by atoms with Gasteiger partial charge in [0, 0.05) is 17.8 Å². The van der Waals surface area contributed by atoms with Crippen LogP contribution >= 0.6 is 0 Å². The normalized spacial score (nSPS) is 12.9. The van der Waals surface area contributed by atoms with Gasteiger partial charge in [-0.15, -0.1) is 0 Å². The summed E-state index contributed by atoms with van der Waals surface area (Å²) in [7, 11) is -2.13. The Hall–Kier alpha value is -2.12. The topological polar surface area (TPSA) is 94.3 Å².